The Kier molecular flexibility index (Phi) is 4.67. The van der Waals surface area contributed by atoms with E-state index in [2.05, 4.69) is 20.2 Å². The number of nitrogens with one attached hydrogen (secondary N) is 1. The smallest absolute Gasteiger partial charge is 0.224 e. The van der Waals surface area contributed by atoms with Gasteiger partial charge in [-0.25, -0.2) is 9.97 Å². The van der Waals surface area contributed by atoms with Gasteiger partial charge >= 0.3 is 0 Å². The van der Waals surface area contributed by atoms with Gasteiger partial charge in [-0.05, 0) is 41.7 Å². The van der Waals surface area contributed by atoms with Crippen LogP contribution in [0.4, 0.5) is 5.82 Å². The van der Waals surface area contributed by atoms with E-state index in [-0.39, 0.29) is 18.1 Å². The SMILES string of the molecule is O=C(Cc1ccsc1)NC1CC(c2cc(N3CC[C@H](O)C3)ncn2)C1. The van der Waals surface area contributed by atoms with Crippen LogP contribution in [0.3, 0.4) is 0 Å². The Morgan fingerprint density at radius 2 is 2.28 bits per heavy atom. The number of β-amino-alcohol motifs (C(OH)–C–C–N with tert-alkyl or cyclic N) is 1. The van der Waals surface area contributed by atoms with E-state index in [1.165, 1.54) is 0 Å². The number of rotatable bonds is 5. The summed E-state index contributed by atoms with van der Waals surface area (Å²) in [5.41, 5.74) is 2.11. The third kappa shape index (κ3) is 3.82. The summed E-state index contributed by atoms with van der Waals surface area (Å²) in [6.07, 6.45) is 4.45. The second-order valence-corrected chi connectivity index (χ2v) is 7.71. The zero-order valence-corrected chi connectivity index (χ0v) is 14.8. The van der Waals surface area contributed by atoms with Crippen LogP contribution in [0.2, 0.25) is 0 Å². The summed E-state index contributed by atoms with van der Waals surface area (Å²) in [6, 6.07) is 4.26. The maximum absolute atomic E-state index is 12.1. The number of carbonyl (C=O) groups is 1. The van der Waals surface area contributed by atoms with Crippen LogP contribution in [-0.2, 0) is 11.2 Å². The highest BCUT2D eigenvalue weighted by Gasteiger charge is 2.33. The number of hydrogen-bond donors (Lipinski definition) is 2. The van der Waals surface area contributed by atoms with Crippen LogP contribution in [0.5, 0.6) is 0 Å². The first-order valence-electron chi connectivity index (χ1n) is 8.73. The van der Waals surface area contributed by atoms with Gasteiger partial charge in [-0.15, -0.1) is 0 Å². The molecule has 1 atom stereocenters. The summed E-state index contributed by atoms with van der Waals surface area (Å²) >= 11 is 1.62. The molecule has 25 heavy (non-hydrogen) atoms. The zero-order chi connectivity index (χ0) is 17.2. The predicted octanol–water partition coefficient (Wildman–Crippen LogP) is 1.71. The molecule has 0 aromatic carbocycles. The maximum atomic E-state index is 12.1. The molecule has 2 N–H and O–H groups in total. The molecule has 3 heterocycles. The van der Waals surface area contributed by atoms with Gasteiger partial charge in [-0.2, -0.15) is 11.3 Å². The van der Waals surface area contributed by atoms with Gasteiger partial charge in [0.15, 0.2) is 0 Å². The molecule has 6 nitrogen and oxygen atoms in total. The van der Waals surface area contributed by atoms with Crippen molar-refractivity contribution in [2.24, 2.45) is 0 Å². The first-order chi connectivity index (χ1) is 12.2. The summed E-state index contributed by atoms with van der Waals surface area (Å²) in [5.74, 6) is 1.36. The van der Waals surface area contributed by atoms with E-state index < -0.39 is 0 Å². The highest BCUT2D eigenvalue weighted by Crippen LogP contribution is 2.36. The first kappa shape index (κ1) is 16.5. The van der Waals surface area contributed by atoms with Gasteiger partial charge < -0.3 is 15.3 Å². The number of anilines is 1. The maximum Gasteiger partial charge on any atom is 0.224 e. The lowest BCUT2D eigenvalue weighted by Gasteiger charge is -2.35. The van der Waals surface area contributed by atoms with Crippen LogP contribution in [0.1, 0.15) is 36.4 Å². The molecule has 2 fully saturated rings. The van der Waals surface area contributed by atoms with Gasteiger partial charge in [0.05, 0.1) is 12.5 Å². The minimum atomic E-state index is -0.259. The number of aromatic nitrogens is 2. The Hall–Kier alpha value is -1.99. The van der Waals surface area contributed by atoms with Crippen LogP contribution >= 0.6 is 11.3 Å². The molecule has 4 rings (SSSR count). The average molecular weight is 358 g/mol. The molecule has 132 valence electrons. The van der Waals surface area contributed by atoms with Crippen molar-refractivity contribution in [1.82, 2.24) is 15.3 Å². The summed E-state index contributed by atoms with van der Waals surface area (Å²) in [4.78, 5) is 22.9. The van der Waals surface area contributed by atoms with Crippen LogP contribution in [0.25, 0.3) is 0 Å². The normalized spacial score (nSPS) is 25.6. The Labute approximate surface area is 150 Å². The summed E-state index contributed by atoms with van der Waals surface area (Å²) < 4.78 is 0. The van der Waals surface area contributed by atoms with E-state index >= 15 is 0 Å². The molecular formula is C18H22N4O2S. The first-order valence-corrected chi connectivity index (χ1v) is 9.67. The Morgan fingerprint density at radius 3 is 3.00 bits per heavy atom. The highest BCUT2D eigenvalue weighted by molar-refractivity contribution is 7.08. The van der Waals surface area contributed by atoms with E-state index in [1.807, 2.05) is 22.9 Å². The lowest BCUT2D eigenvalue weighted by molar-refractivity contribution is -0.121. The molecule has 1 saturated carbocycles. The fraction of sp³-hybridized carbons (Fsp3) is 0.500. The van der Waals surface area contributed by atoms with Crippen molar-refractivity contribution in [2.75, 3.05) is 18.0 Å². The zero-order valence-electron chi connectivity index (χ0n) is 14.0. The Morgan fingerprint density at radius 1 is 1.40 bits per heavy atom. The summed E-state index contributed by atoms with van der Waals surface area (Å²) in [7, 11) is 0. The van der Waals surface area contributed by atoms with Crippen molar-refractivity contribution < 1.29 is 9.90 Å². The third-order valence-corrected chi connectivity index (χ3v) is 5.76. The molecule has 2 aliphatic rings. The average Bonchev–Trinajstić information content (AvgIpc) is 3.22. The molecule has 0 bridgehead atoms. The number of amides is 1. The predicted molar refractivity (Wildman–Crippen MR) is 96.8 cm³/mol. The van der Waals surface area contributed by atoms with Crippen molar-refractivity contribution in [2.45, 2.75) is 43.7 Å². The lowest BCUT2D eigenvalue weighted by atomic mass is 9.78. The minimum absolute atomic E-state index is 0.0938. The molecule has 1 aliphatic heterocycles. The second-order valence-electron chi connectivity index (χ2n) is 6.93. The fourth-order valence-corrected chi connectivity index (χ4v) is 4.21. The second kappa shape index (κ2) is 7.09. The molecule has 0 radical (unpaired) electrons. The number of nitrogens with zero attached hydrogens (tertiary/aromatic N) is 3. The van der Waals surface area contributed by atoms with Crippen LogP contribution in [0.15, 0.2) is 29.2 Å². The number of hydrogen-bond acceptors (Lipinski definition) is 6. The molecular weight excluding hydrogens is 336 g/mol. The highest BCUT2D eigenvalue weighted by atomic mass is 32.1. The largest absolute Gasteiger partial charge is 0.391 e. The topological polar surface area (TPSA) is 78.4 Å². The van der Waals surface area contributed by atoms with Gasteiger partial charge in [-0.3, -0.25) is 4.79 Å². The standard InChI is InChI=1S/C18H22N4O2S/c23-15-1-3-22(9-15)17-8-16(19-11-20-17)13-6-14(7-13)21-18(24)5-12-2-4-25-10-12/h2,4,8,10-11,13-15,23H,1,3,5-7,9H2,(H,21,24)/t13?,14?,15-/m0/s1. The van der Waals surface area contributed by atoms with Crippen molar-refractivity contribution >= 4 is 23.1 Å². The number of thiophene rings is 1. The Bertz CT molecular complexity index is 730. The molecule has 2 aromatic heterocycles. The van der Waals surface area contributed by atoms with Gasteiger partial charge in [0, 0.05) is 36.8 Å². The van der Waals surface area contributed by atoms with E-state index in [1.54, 1.807) is 17.7 Å². The van der Waals surface area contributed by atoms with Crippen molar-refractivity contribution in [3.05, 3.63) is 40.5 Å². The van der Waals surface area contributed by atoms with Crippen molar-refractivity contribution in [3.63, 3.8) is 0 Å². The number of aliphatic hydroxyl groups excluding tert-OH is 1. The molecule has 1 aliphatic carbocycles. The number of aliphatic hydroxyl groups is 1. The van der Waals surface area contributed by atoms with Crippen LogP contribution in [-0.4, -0.2) is 46.2 Å². The van der Waals surface area contributed by atoms with E-state index in [0.717, 1.165) is 42.9 Å². The summed E-state index contributed by atoms with van der Waals surface area (Å²) in [6.45, 7) is 1.48. The molecule has 7 heteroatoms. The van der Waals surface area contributed by atoms with E-state index in [9.17, 15) is 9.90 Å². The quantitative estimate of drug-likeness (QED) is 0.851. The van der Waals surface area contributed by atoms with Crippen LogP contribution in [0, 0.1) is 0 Å². The van der Waals surface area contributed by atoms with Gasteiger partial charge in [0.2, 0.25) is 5.91 Å². The third-order valence-electron chi connectivity index (χ3n) is 5.03. The molecule has 1 amide bonds. The Balaban J connectivity index is 1.29. The fourth-order valence-electron chi connectivity index (χ4n) is 3.54. The van der Waals surface area contributed by atoms with Crippen LogP contribution < -0.4 is 10.2 Å². The monoisotopic (exact) mass is 358 g/mol. The lowest BCUT2D eigenvalue weighted by Crippen LogP contribution is -2.44. The van der Waals surface area contributed by atoms with E-state index in [4.69, 9.17) is 0 Å². The van der Waals surface area contributed by atoms with Crippen molar-refractivity contribution in [3.8, 4) is 0 Å². The molecule has 0 unspecified atom stereocenters. The summed E-state index contributed by atoms with van der Waals surface area (Å²) in [5, 5.41) is 16.8. The molecule has 0 spiro atoms. The van der Waals surface area contributed by atoms with Gasteiger partial charge in [0.25, 0.3) is 0 Å². The van der Waals surface area contributed by atoms with Crippen molar-refractivity contribution in [1.29, 1.82) is 0 Å². The van der Waals surface area contributed by atoms with E-state index in [0.29, 0.717) is 18.9 Å². The molecule has 2 aromatic rings. The molecule has 1 saturated heterocycles. The minimum Gasteiger partial charge on any atom is -0.391 e. The van der Waals surface area contributed by atoms with Gasteiger partial charge in [-0.1, -0.05) is 0 Å². The van der Waals surface area contributed by atoms with Gasteiger partial charge in [0.1, 0.15) is 12.1 Å². The number of carbonyl (C=O) groups excluding carboxylic acids is 1.